The van der Waals surface area contributed by atoms with Gasteiger partial charge in [-0.3, -0.25) is 4.99 Å². The van der Waals surface area contributed by atoms with Crippen LogP contribution in [0.4, 0.5) is 0 Å². The number of hydrogen-bond donors (Lipinski definition) is 2. The smallest absolute Gasteiger partial charge is 0.188 e. The topological polar surface area (TPSA) is 62.9 Å². The average Bonchev–Trinajstić information content (AvgIpc) is 2.30. The summed E-state index contributed by atoms with van der Waals surface area (Å²) < 4.78 is 4.90. The Morgan fingerprint density at radius 3 is 2.62 bits per heavy atom. The third-order valence-electron chi connectivity index (χ3n) is 2.42. The minimum absolute atomic E-state index is 0.511. The van der Waals surface area contributed by atoms with Crippen LogP contribution < -0.4 is 11.1 Å². The van der Waals surface area contributed by atoms with Crippen LogP contribution in [0, 0.1) is 0 Å². The molecule has 0 bridgehead atoms. The summed E-state index contributed by atoms with van der Waals surface area (Å²) in [7, 11) is 1.67. The second kappa shape index (κ2) is 10.7. The number of methoxy groups -OCH3 is 1. The zero-order valence-electron chi connectivity index (χ0n) is 10.8. The van der Waals surface area contributed by atoms with Crippen LogP contribution in [-0.2, 0) is 4.74 Å². The predicted octanol–water partition coefficient (Wildman–Crippen LogP) is 0.269. The van der Waals surface area contributed by atoms with Gasteiger partial charge in [0.15, 0.2) is 5.96 Å². The summed E-state index contributed by atoms with van der Waals surface area (Å²) in [6, 6.07) is 0. The van der Waals surface area contributed by atoms with E-state index in [1.165, 1.54) is 0 Å². The highest BCUT2D eigenvalue weighted by Crippen LogP contribution is 1.90. The molecule has 0 heterocycles. The fourth-order valence-corrected chi connectivity index (χ4v) is 1.37. The average molecular weight is 230 g/mol. The van der Waals surface area contributed by atoms with Gasteiger partial charge in [0.25, 0.3) is 0 Å². The van der Waals surface area contributed by atoms with Crippen molar-refractivity contribution in [3.05, 3.63) is 0 Å². The van der Waals surface area contributed by atoms with Gasteiger partial charge in [-0.2, -0.15) is 0 Å². The van der Waals surface area contributed by atoms with Crippen LogP contribution in [0.5, 0.6) is 0 Å². The largest absolute Gasteiger partial charge is 0.383 e. The van der Waals surface area contributed by atoms with Crippen LogP contribution in [0.15, 0.2) is 4.99 Å². The number of aliphatic imine (C=N–C) groups is 1. The number of ether oxygens (including phenoxy) is 1. The van der Waals surface area contributed by atoms with Gasteiger partial charge in [0.05, 0.1) is 6.61 Å². The highest BCUT2D eigenvalue weighted by Gasteiger charge is 1.97. The van der Waals surface area contributed by atoms with Crippen molar-refractivity contribution in [3.8, 4) is 0 Å². The summed E-state index contributed by atoms with van der Waals surface area (Å²) in [6.45, 7) is 9.77. The molecule has 0 aliphatic carbocycles. The first-order chi connectivity index (χ1) is 7.74. The lowest BCUT2D eigenvalue weighted by molar-refractivity contribution is 0.204. The van der Waals surface area contributed by atoms with Gasteiger partial charge in [-0.05, 0) is 26.1 Å². The van der Waals surface area contributed by atoms with E-state index >= 15 is 0 Å². The normalized spacial score (nSPS) is 12.1. The molecule has 0 aliphatic heterocycles. The van der Waals surface area contributed by atoms with Crippen molar-refractivity contribution < 1.29 is 4.74 Å². The molecule has 0 radical (unpaired) electrons. The molecule has 0 aliphatic rings. The molecular formula is C11H26N4O. The fraction of sp³-hybridized carbons (Fsp3) is 0.909. The fourth-order valence-electron chi connectivity index (χ4n) is 1.37. The number of guanidine groups is 1. The molecule has 16 heavy (non-hydrogen) atoms. The summed E-state index contributed by atoms with van der Waals surface area (Å²) >= 11 is 0. The Balaban J connectivity index is 3.50. The molecule has 5 nitrogen and oxygen atoms in total. The number of nitrogens with zero attached hydrogens (tertiary/aromatic N) is 2. The highest BCUT2D eigenvalue weighted by atomic mass is 16.5. The Hall–Kier alpha value is -0.810. The van der Waals surface area contributed by atoms with Gasteiger partial charge in [-0.1, -0.05) is 13.8 Å². The van der Waals surface area contributed by atoms with Crippen molar-refractivity contribution in [1.29, 1.82) is 0 Å². The second-order valence-corrected chi connectivity index (χ2v) is 3.57. The minimum atomic E-state index is 0.511. The zero-order valence-corrected chi connectivity index (χ0v) is 10.8. The standard InChI is InChI=1S/C11H26N4O/c1-4-15(5-2)9-6-7-13-11(12)14-8-10-16-3/h4-10H2,1-3H3,(H3,12,13,14). The van der Waals surface area contributed by atoms with Crippen molar-refractivity contribution >= 4 is 5.96 Å². The van der Waals surface area contributed by atoms with E-state index in [9.17, 15) is 0 Å². The molecule has 0 amide bonds. The Labute approximate surface area is 99.0 Å². The monoisotopic (exact) mass is 230 g/mol. The minimum Gasteiger partial charge on any atom is -0.383 e. The highest BCUT2D eigenvalue weighted by molar-refractivity contribution is 5.77. The SMILES string of the molecule is CCN(CC)CCCN=C(N)NCCOC. The van der Waals surface area contributed by atoms with Crippen LogP contribution in [-0.4, -0.2) is 57.3 Å². The number of nitrogens with two attached hydrogens (primary N) is 1. The Bertz CT molecular complexity index is 181. The summed E-state index contributed by atoms with van der Waals surface area (Å²) in [4.78, 5) is 6.62. The lowest BCUT2D eigenvalue weighted by Gasteiger charge is -2.16. The second-order valence-electron chi connectivity index (χ2n) is 3.57. The Kier molecular flexibility index (Phi) is 10.2. The molecule has 0 saturated heterocycles. The lowest BCUT2D eigenvalue weighted by atomic mass is 10.4. The van der Waals surface area contributed by atoms with Gasteiger partial charge in [0.1, 0.15) is 0 Å². The van der Waals surface area contributed by atoms with Crippen LogP contribution in [0.3, 0.4) is 0 Å². The molecule has 0 atom stereocenters. The molecule has 0 rings (SSSR count). The Morgan fingerprint density at radius 2 is 2.06 bits per heavy atom. The van der Waals surface area contributed by atoms with Crippen LogP contribution in [0.2, 0.25) is 0 Å². The molecule has 0 aromatic heterocycles. The van der Waals surface area contributed by atoms with Crippen LogP contribution >= 0.6 is 0 Å². The molecule has 5 heteroatoms. The molecule has 0 fully saturated rings. The number of hydrogen-bond acceptors (Lipinski definition) is 3. The van der Waals surface area contributed by atoms with E-state index in [0.29, 0.717) is 19.1 Å². The Morgan fingerprint density at radius 1 is 1.38 bits per heavy atom. The van der Waals surface area contributed by atoms with Gasteiger partial charge in [0, 0.05) is 20.2 Å². The molecule has 0 aromatic rings. The van der Waals surface area contributed by atoms with Crippen LogP contribution in [0.1, 0.15) is 20.3 Å². The maximum Gasteiger partial charge on any atom is 0.188 e. The predicted molar refractivity (Wildman–Crippen MR) is 68.8 cm³/mol. The van der Waals surface area contributed by atoms with Crippen molar-refractivity contribution in [2.45, 2.75) is 20.3 Å². The molecule has 3 N–H and O–H groups in total. The maximum atomic E-state index is 5.67. The first-order valence-corrected chi connectivity index (χ1v) is 5.99. The van der Waals surface area contributed by atoms with Crippen molar-refractivity contribution in [2.24, 2.45) is 10.7 Å². The van der Waals surface area contributed by atoms with Gasteiger partial charge >= 0.3 is 0 Å². The van der Waals surface area contributed by atoms with Crippen LogP contribution in [0.25, 0.3) is 0 Å². The summed E-state index contributed by atoms with van der Waals surface area (Å²) in [6.07, 6.45) is 1.05. The van der Waals surface area contributed by atoms with E-state index in [0.717, 1.165) is 32.6 Å². The van der Waals surface area contributed by atoms with Crippen molar-refractivity contribution in [3.63, 3.8) is 0 Å². The maximum absolute atomic E-state index is 5.67. The van der Waals surface area contributed by atoms with Crippen molar-refractivity contribution in [1.82, 2.24) is 10.2 Å². The zero-order chi connectivity index (χ0) is 12.2. The van der Waals surface area contributed by atoms with E-state index in [2.05, 4.69) is 29.1 Å². The van der Waals surface area contributed by atoms with E-state index in [-0.39, 0.29) is 0 Å². The van der Waals surface area contributed by atoms with Crippen molar-refractivity contribution in [2.75, 3.05) is 46.4 Å². The van der Waals surface area contributed by atoms with Gasteiger partial charge in [0.2, 0.25) is 0 Å². The first-order valence-electron chi connectivity index (χ1n) is 5.99. The van der Waals surface area contributed by atoms with E-state index < -0.39 is 0 Å². The summed E-state index contributed by atoms with van der Waals surface area (Å²) in [5.74, 6) is 0.511. The molecule has 0 spiro atoms. The molecule has 0 unspecified atom stereocenters. The van der Waals surface area contributed by atoms with Gasteiger partial charge in [-0.25, -0.2) is 0 Å². The lowest BCUT2D eigenvalue weighted by Crippen LogP contribution is -2.34. The molecule has 0 saturated carbocycles. The summed E-state index contributed by atoms with van der Waals surface area (Å²) in [5.41, 5.74) is 5.67. The van der Waals surface area contributed by atoms with Gasteiger partial charge < -0.3 is 20.7 Å². The number of rotatable bonds is 9. The molecule has 0 aromatic carbocycles. The molecular weight excluding hydrogens is 204 g/mol. The van der Waals surface area contributed by atoms with E-state index in [1.54, 1.807) is 7.11 Å². The number of nitrogens with one attached hydrogen (secondary N) is 1. The first kappa shape index (κ1) is 15.2. The van der Waals surface area contributed by atoms with Gasteiger partial charge in [-0.15, -0.1) is 0 Å². The van der Waals surface area contributed by atoms with E-state index in [1.807, 2.05) is 0 Å². The third-order valence-corrected chi connectivity index (χ3v) is 2.42. The van der Waals surface area contributed by atoms with E-state index in [4.69, 9.17) is 10.5 Å². The quantitative estimate of drug-likeness (QED) is 0.339. The molecule has 96 valence electrons. The third kappa shape index (κ3) is 8.49. The summed E-state index contributed by atoms with van der Waals surface area (Å²) in [5, 5.41) is 2.99.